The number of carbonyl (C=O) groups excluding carboxylic acids is 1. The largest absolute Gasteiger partial charge is 0.445 e. The van der Waals surface area contributed by atoms with Crippen molar-refractivity contribution >= 4 is 6.09 Å². The molecule has 0 atom stereocenters. The number of nitrogens with one attached hydrogen (secondary N) is 1. The maximum absolute atomic E-state index is 11.5. The van der Waals surface area contributed by atoms with Crippen LogP contribution in [0.3, 0.4) is 0 Å². The van der Waals surface area contributed by atoms with Gasteiger partial charge in [-0.2, -0.15) is 0 Å². The van der Waals surface area contributed by atoms with Crippen LogP contribution in [0.1, 0.15) is 18.4 Å². The van der Waals surface area contributed by atoms with Crippen molar-refractivity contribution in [1.29, 1.82) is 0 Å². The first-order valence-corrected chi connectivity index (χ1v) is 6.39. The molecule has 1 saturated carbocycles. The third-order valence-electron chi connectivity index (χ3n) is 3.37. The quantitative estimate of drug-likeness (QED) is 0.743. The molecule has 1 amide bonds. The van der Waals surface area contributed by atoms with Gasteiger partial charge in [0.25, 0.3) is 0 Å². The third-order valence-corrected chi connectivity index (χ3v) is 3.37. The molecule has 1 fully saturated rings. The fraction of sp³-hybridized carbons (Fsp3) is 0.500. The van der Waals surface area contributed by atoms with Crippen LogP contribution in [0.5, 0.6) is 0 Å². The average molecular weight is 265 g/mol. The van der Waals surface area contributed by atoms with Crippen LogP contribution in [0.2, 0.25) is 0 Å². The van der Waals surface area contributed by atoms with Crippen molar-refractivity contribution in [2.45, 2.75) is 25.0 Å². The molecule has 0 radical (unpaired) electrons. The molecule has 0 saturated heterocycles. The van der Waals surface area contributed by atoms with Gasteiger partial charge in [0.2, 0.25) is 0 Å². The fourth-order valence-corrected chi connectivity index (χ4v) is 2.30. The van der Waals surface area contributed by atoms with E-state index in [1.54, 1.807) is 0 Å². The number of ether oxygens (including phenoxy) is 1. The molecule has 1 aromatic rings. The highest BCUT2D eigenvalue weighted by Crippen LogP contribution is 2.36. The minimum Gasteiger partial charge on any atom is -0.445 e. The van der Waals surface area contributed by atoms with E-state index >= 15 is 0 Å². The Labute approximate surface area is 112 Å². The van der Waals surface area contributed by atoms with Gasteiger partial charge in [-0.05, 0) is 24.3 Å². The normalized spacial score (nSPS) is 25.5. The minimum absolute atomic E-state index is 0.0841. The summed E-state index contributed by atoms with van der Waals surface area (Å²) in [6.07, 6.45) is 0.495. The van der Waals surface area contributed by atoms with Gasteiger partial charge in [0, 0.05) is 13.2 Å². The lowest BCUT2D eigenvalue weighted by molar-refractivity contribution is -0.0841. The molecule has 2 rings (SSSR count). The monoisotopic (exact) mass is 265 g/mol. The van der Waals surface area contributed by atoms with Crippen LogP contribution in [0.25, 0.3) is 0 Å². The summed E-state index contributed by atoms with van der Waals surface area (Å²) in [6, 6.07) is 9.40. The van der Waals surface area contributed by atoms with Gasteiger partial charge in [-0.15, -0.1) is 0 Å². The van der Waals surface area contributed by atoms with Crippen LogP contribution >= 0.6 is 0 Å². The maximum atomic E-state index is 11.5. The zero-order valence-electron chi connectivity index (χ0n) is 10.7. The van der Waals surface area contributed by atoms with Gasteiger partial charge in [0.15, 0.2) is 0 Å². The molecule has 1 aliphatic carbocycles. The van der Waals surface area contributed by atoms with E-state index in [-0.39, 0.29) is 25.7 Å². The molecule has 5 heteroatoms. The Bertz CT molecular complexity index is 415. The SMILES string of the molecule is O=C(NCC1(O)CC(CO)C1)OCc1ccccc1. The second kappa shape index (κ2) is 6.04. The molecule has 3 N–H and O–H groups in total. The Balaban J connectivity index is 1.65. The van der Waals surface area contributed by atoms with Crippen molar-refractivity contribution in [2.24, 2.45) is 5.92 Å². The van der Waals surface area contributed by atoms with Crippen LogP contribution in [0.15, 0.2) is 30.3 Å². The van der Waals surface area contributed by atoms with E-state index < -0.39 is 11.7 Å². The summed E-state index contributed by atoms with van der Waals surface area (Å²) in [6.45, 7) is 0.461. The first-order chi connectivity index (χ1) is 9.11. The summed E-state index contributed by atoms with van der Waals surface area (Å²) >= 11 is 0. The summed E-state index contributed by atoms with van der Waals surface area (Å²) in [4.78, 5) is 11.5. The lowest BCUT2D eigenvalue weighted by Gasteiger charge is -2.42. The standard InChI is InChI=1S/C14H19NO4/c16-8-12-6-14(18,7-12)10-15-13(17)19-9-11-4-2-1-3-5-11/h1-5,12,16,18H,6-10H2,(H,15,17). The summed E-state index contributed by atoms with van der Waals surface area (Å²) in [5.41, 5.74) is 0.0273. The molecule has 0 unspecified atom stereocenters. The van der Waals surface area contributed by atoms with Crippen molar-refractivity contribution in [3.05, 3.63) is 35.9 Å². The van der Waals surface area contributed by atoms with Gasteiger partial charge >= 0.3 is 6.09 Å². The second-order valence-electron chi connectivity index (χ2n) is 5.10. The number of benzene rings is 1. The number of carbonyl (C=O) groups is 1. The second-order valence-corrected chi connectivity index (χ2v) is 5.10. The predicted octanol–water partition coefficient (Wildman–Crippen LogP) is 1.05. The first-order valence-electron chi connectivity index (χ1n) is 6.39. The zero-order chi connectivity index (χ0) is 13.7. The number of amides is 1. The van der Waals surface area contributed by atoms with Crippen LogP contribution in [-0.4, -0.2) is 35.1 Å². The van der Waals surface area contributed by atoms with Crippen molar-refractivity contribution in [2.75, 3.05) is 13.2 Å². The molecular formula is C14H19NO4. The van der Waals surface area contributed by atoms with Gasteiger partial charge in [-0.1, -0.05) is 30.3 Å². The molecule has 5 nitrogen and oxygen atoms in total. The van der Waals surface area contributed by atoms with Crippen molar-refractivity contribution in [3.8, 4) is 0 Å². The molecule has 0 aromatic heterocycles. The molecule has 104 valence electrons. The first kappa shape index (κ1) is 13.8. The smallest absolute Gasteiger partial charge is 0.407 e. The number of aliphatic hydroxyl groups is 2. The van der Waals surface area contributed by atoms with E-state index in [9.17, 15) is 9.90 Å². The molecular weight excluding hydrogens is 246 g/mol. The lowest BCUT2D eigenvalue weighted by atomic mass is 9.71. The Morgan fingerprint density at radius 1 is 1.37 bits per heavy atom. The molecule has 0 spiro atoms. The van der Waals surface area contributed by atoms with Gasteiger partial charge in [0.05, 0.1) is 5.60 Å². The summed E-state index contributed by atoms with van der Waals surface area (Å²) in [7, 11) is 0. The van der Waals surface area contributed by atoms with E-state index in [1.807, 2.05) is 30.3 Å². The van der Waals surface area contributed by atoms with Crippen LogP contribution in [0, 0.1) is 5.92 Å². The average Bonchev–Trinajstić information content (AvgIpc) is 2.41. The summed E-state index contributed by atoms with van der Waals surface area (Å²) in [5.74, 6) is 0.145. The van der Waals surface area contributed by atoms with E-state index in [2.05, 4.69) is 5.32 Å². The number of aliphatic hydroxyl groups excluding tert-OH is 1. The highest BCUT2D eigenvalue weighted by atomic mass is 16.5. The van der Waals surface area contributed by atoms with E-state index in [1.165, 1.54) is 0 Å². The van der Waals surface area contributed by atoms with Gasteiger partial charge in [0.1, 0.15) is 6.61 Å². The number of hydrogen-bond acceptors (Lipinski definition) is 4. The number of rotatable bonds is 5. The van der Waals surface area contributed by atoms with Crippen molar-refractivity contribution in [1.82, 2.24) is 5.32 Å². The Morgan fingerprint density at radius 2 is 2.05 bits per heavy atom. The van der Waals surface area contributed by atoms with Crippen LogP contribution in [0.4, 0.5) is 4.79 Å². The molecule has 0 bridgehead atoms. The Morgan fingerprint density at radius 3 is 2.68 bits per heavy atom. The lowest BCUT2D eigenvalue weighted by Crippen LogP contribution is -2.53. The van der Waals surface area contributed by atoms with Crippen molar-refractivity contribution in [3.63, 3.8) is 0 Å². The number of hydrogen-bond donors (Lipinski definition) is 3. The Kier molecular flexibility index (Phi) is 4.39. The zero-order valence-corrected chi connectivity index (χ0v) is 10.7. The van der Waals surface area contributed by atoms with Gasteiger partial charge in [-0.25, -0.2) is 4.79 Å². The maximum Gasteiger partial charge on any atom is 0.407 e. The third kappa shape index (κ3) is 3.94. The highest BCUT2D eigenvalue weighted by molar-refractivity contribution is 5.67. The van der Waals surface area contributed by atoms with Crippen LogP contribution < -0.4 is 5.32 Å². The van der Waals surface area contributed by atoms with Gasteiger partial charge < -0.3 is 20.3 Å². The van der Waals surface area contributed by atoms with Crippen LogP contribution in [-0.2, 0) is 11.3 Å². The topological polar surface area (TPSA) is 78.8 Å². The minimum atomic E-state index is -0.890. The molecule has 1 aromatic carbocycles. The summed E-state index contributed by atoms with van der Waals surface area (Å²) in [5, 5.41) is 21.4. The summed E-state index contributed by atoms with van der Waals surface area (Å²) < 4.78 is 5.03. The molecule has 0 aliphatic heterocycles. The van der Waals surface area contributed by atoms with E-state index in [4.69, 9.17) is 9.84 Å². The molecule has 19 heavy (non-hydrogen) atoms. The van der Waals surface area contributed by atoms with E-state index in [0.717, 1.165) is 5.56 Å². The molecule has 1 aliphatic rings. The van der Waals surface area contributed by atoms with E-state index in [0.29, 0.717) is 12.8 Å². The Hall–Kier alpha value is -1.59. The predicted molar refractivity (Wildman–Crippen MR) is 69.4 cm³/mol. The van der Waals surface area contributed by atoms with Gasteiger partial charge in [-0.3, -0.25) is 0 Å². The fourth-order valence-electron chi connectivity index (χ4n) is 2.30. The number of alkyl carbamates (subject to hydrolysis) is 1. The molecule has 0 heterocycles. The van der Waals surface area contributed by atoms with Crippen molar-refractivity contribution < 1.29 is 19.7 Å². The highest BCUT2D eigenvalue weighted by Gasteiger charge is 2.42.